The summed E-state index contributed by atoms with van der Waals surface area (Å²) in [6.45, 7) is 4.26. The van der Waals surface area contributed by atoms with Crippen molar-refractivity contribution in [2.75, 3.05) is 31.8 Å². The predicted molar refractivity (Wildman–Crippen MR) is 146 cm³/mol. The van der Waals surface area contributed by atoms with E-state index in [1.54, 1.807) is 29.0 Å². The molecule has 4 heterocycles. The number of fused-ring (bicyclic) bond motifs is 2. The van der Waals surface area contributed by atoms with Crippen molar-refractivity contribution in [1.82, 2.24) is 4.90 Å². The lowest BCUT2D eigenvalue weighted by Crippen LogP contribution is -2.56. The molecule has 5 rings (SSSR count). The van der Waals surface area contributed by atoms with E-state index in [0.717, 1.165) is 19.3 Å². The molecule has 0 bridgehead atoms. The molecule has 1 N–H and O–H groups in total. The second-order valence-corrected chi connectivity index (χ2v) is 12.4. The molecular weight excluding hydrogens is 504 g/mol. The third-order valence-electron chi connectivity index (χ3n) is 8.40. The lowest BCUT2D eigenvalue weighted by Gasteiger charge is -2.39. The molecule has 8 nitrogen and oxygen atoms in total. The summed E-state index contributed by atoms with van der Waals surface area (Å²) in [5.41, 5.74) is 0.693. The summed E-state index contributed by atoms with van der Waals surface area (Å²) in [5.74, 6) is -1.73. The minimum absolute atomic E-state index is 0.222. The number of cyclic esters (lactones) is 1. The molecule has 38 heavy (non-hydrogen) atoms. The largest absolute Gasteiger partial charge is 0.497 e. The number of carbonyl (C=O) groups is 3. The molecule has 1 aromatic rings. The van der Waals surface area contributed by atoms with Gasteiger partial charge in [-0.25, -0.2) is 0 Å². The summed E-state index contributed by atoms with van der Waals surface area (Å²) < 4.78 is 9.30. The van der Waals surface area contributed by atoms with Crippen LogP contribution in [0.4, 0.5) is 5.69 Å². The fourth-order valence-electron chi connectivity index (χ4n) is 6.54. The van der Waals surface area contributed by atoms with Gasteiger partial charge >= 0.3 is 5.97 Å². The average molecular weight is 541 g/mol. The normalized spacial score (nSPS) is 34.6. The van der Waals surface area contributed by atoms with Crippen LogP contribution in [0.2, 0.25) is 0 Å². The number of carbonyl (C=O) groups excluding carboxylic acids is 3. The summed E-state index contributed by atoms with van der Waals surface area (Å²) in [6, 6.07) is 5.84. The van der Waals surface area contributed by atoms with Crippen molar-refractivity contribution in [2.45, 2.75) is 61.1 Å². The highest BCUT2D eigenvalue weighted by Gasteiger charge is 2.74. The molecular formula is C29H36N2O6S. The Hall–Kier alpha value is -2.78. The highest BCUT2D eigenvalue weighted by molar-refractivity contribution is 8.02. The first-order valence-electron chi connectivity index (χ1n) is 13.4. The maximum Gasteiger partial charge on any atom is 0.311 e. The number of thioether (sulfide) groups is 1. The zero-order chi connectivity index (χ0) is 27.1. The summed E-state index contributed by atoms with van der Waals surface area (Å²) in [5, 5.41) is 10.3. The standard InChI is InChI=1S/C29H36N2O6S/c1-4-19(18-32)31-24-26(34)30(20-10-12-21(36-3)13-11-20)16-9-15-29(24)22(25(31)33)23-27(35)37-17-8-6-5-7-14-28(23,2)38-29/h7,9-15,19,22-24,32H,4-6,8,16-18H2,1-3H3/b14-7-/t19-,22-,23+,24?,28-,29-/m0/s1. The number of aliphatic hydroxyl groups is 1. The van der Waals surface area contributed by atoms with Crippen LogP contribution in [-0.4, -0.2) is 76.2 Å². The first kappa shape index (κ1) is 26.8. The van der Waals surface area contributed by atoms with E-state index in [9.17, 15) is 19.5 Å². The van der Waals surface area contributed by atoms with E-state index in [1.165, 1.54) is 11.8 Å². The van der Waals surface area contributed by atoms with Gasteiger partial charge in [0.2, 0.25) is 5.91 Å². The van der Waals surface area contributed by atoms with Gasteiger partial charge in [0.05, 0.1) is 42.9 Å². The molecule has 4 aliphatic heterocycles. The van der Waals surface area contributed by atoms with E-state index in [0.29, 0.717) is 31.0 Å². The minimum Gasteiger partial charge on any atom is -0.497 e. The number of aliphatic hydroxyl groups excluding tert-OH is 1. The summed E-state index contributed by atoms with van der Waals surface area (Å²) in [7, 11) is 1.59. The molecule has 9 heteroatoms. The van der Waals surface area contributed by atoms with E-state index in [2.05, 4.69) is 6.08 Å². The van der Waals surface area contributed by atoms with Gasteiger partial charge in [-0.05, 0) is 56.9 Å². The van der Waals surface area contributed by atoms with Crippen LogP contribution in [0.5, 0.6) is 5.75 Å². The molecule has 0 aliphatic carbocycles. The van der Waals surface area contributed by atoms with Gasteiger partial charge in [-0.15, -0.1) is 11.8 Å². The summed E-state index contributed by atoms with van der Waals surface area (Å²) in [6.07, 6.45) is 11.1. The van der Waals surface area contributed by atoms with Crippen molar-refractivity contribution in [1.29, 1.82) is 0 Å². The van der Waals surface area contributed by atoms with Gasteiger partial charge in [0.1, 0.15) is 11.8 Å². The molecule has 1 aromatic carbocycles. The lowest BCUT2D eigenvalue weighted by atomic mass is 9.74. The van der Waals surface area contributed by atoms with Crippen LogP contribution in [0.1, 0.15) is 39.5 Å². The van der Waals surface area contributed by atoms with E-state index in [1.807, 2.05) is 44.2 Å². The molecule has 0 aromatic heterocycles. The second kappa shape index (κ2) is 10.4. The summed E-state index contributed by atoms with van der Waals surface area (Å²) >= 11 is 1.52. The number of ether oxygens (including phenoxy) is 2. The second-order valence-electron chi connectivity index (χ2n) is 10.6. The molecule has 0 radical (unpaired) electrons. The monoisotopic (exact) mass is 540 g/mol. The third kappa shape index (κ3) is 4.14. The van der Waals surface area contributed by atoms with Gasteiger partial charge in [-0.2, -0.15) is 0 Å². The third-order valence-corrected chi connectivity index (χ3v) is 10.2. The molecule has 1 unspecified atom stereocenters. The molecule has 4 aliphatic rings. The van der Waals surface area contributed by atoms with Crippen LogP contribution < -0.4 is 9.64 Å². The van der Waals surface area contributed by atoms with Crippen LogP contribution in [0, 0.1) is 11.8 Å². The number of hydrogen-bond acceptors (Lipinski definition) is 7. The first-order chi connectivity index (χ1) is 18.3. The highest BCUT2D eigenvalue weighted by atomic mass is 32.2. The van der Waals surface area contributed by atoms with E-state index in [-0.39, 0.29) is 18.4 Å². The van der Waals surface area contributed by atoms with Crippen molar-refractivity contribution in [3.63, 3.8) is 0 Å². The Morgan fingerprint density at radius 2 is 1.87 bits per heavy atom. The number of amides is 2. The molecule has 2 fully saturated rings. The maximum atomic E-state index is 14.5. The molecule has 204 valence electrons. The van der Waals surface area contributed by atoms with Crippen LogP contribution in [0.25, 0.3) is 0 Å². The quantitative estimate of drug-likeness (QED) is 0.452. The van der Waals surface area contributed by atoms with Crippen LogP contribution in [-0.2, 0) is 19.1 Å². The van der Waals surface area contributed by atoms with Gasteiger partial charge in [-0.3, -0.25) is 14.4 Å². The predicted octanol–water partition coefficient (Wildman–Crippen LogP) is 3.34. The molecule has 6 atom stereocenters. The smallest absolute Gasteiger partial charge is 0.311 e. The average Bonchev–Trinajstić information content (AvgIpc) is 3.25. The number of esters is 1. The van der Waals surface area contributed by atoms with Crippen molar-refractivity contribution in [3.8, 4) is 5.75 Å². The van der Waals surface area contributed by atoms with E-state index < -0.39 is 39.4 Å². The van der Waals surface area contributed by atoms with Crippen molar-refractivity contribution in [3.05, 3.63) is 48.6 Å². The summed E-state index contributed by atoms with van der Waals surface area (Å²) in [4.78, 5) is 45.6. The number of anilines is 1. The molecule has 1 spiro atoms. The van der Waals surface area contributed by atoms with Crippen molar-refractivity contribution in [2.24, 2.45) is 11.8 Å². The fourth-order valence-corrected chi connectivity index (χ4v) is 8.68. The van der Waals surface area contributed by atoms with Gasteiger partial charge in [0, 0.05) is 17.0 Å². The van der Waals surface area contributed by atoms with Gasteiger partial charge in [-0.1, -0.05) is 31.2 Å². The molecule has 2 saturated heterocycles. The Bertz CT molecular complexity index is 1150. The molecule has 2 amide bonds. The van der Waals surface area contributed by atoms with E-state index in [4.69, 9.17) is 9.47 Å². The maximum absolute atomic E-state index is 14.5. The zero-order valence-electron chi connectivity index (χ0n) is 22.2. The Morgan fingerprint density at radius 1 is 1.11 bits per heavy atom. The Kier molecular flexibility index (Phi) is 7.35. The minimum atomic E-state index is -0.977. The topological polar surface area (TPSA) is 96.4 Å². The number of methoxy groups -OCH3 is 1. The Labute approximate surface area is 228 Å². The number of hydrogen-bond donors (Lipinski definition) is 1. The Balaban J connectivity index is 1.65. The Morgan fingerprint density at radius 3 is 2.55 bits per heavy atom. The first-order valence-corrected chi connectivity index (χ1v) is 14.2. The fraction of sp³-hybridized carbons (Fsp3) is 0.552. The number of likely N-dealkylation sites (tertiary alicyclic amines) is 1. The zero-order valence-corrected chi connectivity index (χ0v) is 23.0. The number of nitrogens with zero attached hydrogens (tertiary/aromatic N) is 2. The highest BCUT2D eigenvalue weighted by Crippen LogP contribution is 2.65. The van der Waals surface area contributed by atoms with Crippen LogP contribution >= 0.6 is 11.8 Å². The van der Waals surface area contributed by atoms with Crippen LogP contribution in [0.3, 0.4) is 0 Å². The number of allylic oxidation sites excluding steroid dienone is 1. The van der Waals surface area contributed by atoms with Gasteiger partial charge < -0.3 is 24.4 Å². The van der Waals surface area contributed by atoms with Gasteiger partial charge in [0.15, 0.2) is 0 Å². The van der Waals surface area contributed by atoms with Crippen LogP contribution in [0.15, 0.2) is 48.6 Å². The molecule has 0 saturated carbocycles. The van der Waals surface area contributed by atoms with Crippen molar-refractivity contribution < 1.29 is 29.0 Å². The van der Waals surface area contributed by atoms with E-state index >= 15 is 0 Å². The number of benzene rings is 1. The number of rotatable bonds is 5. The lowest BCUT2D eigenvalue weighted by molar-refractivity contribution is -0.154. The van der Waals surface area contributed by atoms with Gasteiger partial charge in [0.25, 0.3) is 5.91 Å². The SMILES string of the molecule is CC[C@@H](CO)N1C(=O)[C@@H]2[C@@H]3C(=O)OCCCC/C=C\[C@]3(C)S[C@@]23C=CCN(c2ccc(OC)cc2)C(=O)C13. The van der Waals surface area contributed by atoms with Crippen molar-refractivity contribution >= 4 is 35.2 Å².